The zero-order valence-electron chi connectivity index (χ0n) is 15.3. The molecule has 0 unspecified atom stereocenters. The minimum absolute atomic E-state index is 0.0345. The molecule has 0 spiro atoms. The fourth-order valence-corrected chi connectivity index (χ4v) is 3.53. The molecule has 2 N–H and O–H groups in total. The van der Waals surface area contributed by atoms with E-state index >= 15 is 0 Å². The lowest BCUT2D eigenvalue weighted by Gasteiger charge is -2.11. The summed E-state index contributed by atoms with van der Waals surface area (Å²) in [6, 6.07) is 18.2. The van der Waals surface area contributed by atoms with Crippen LogP contribution < -0.4 is 0 Å². The van der Waals surface area contributed by atoms with E-state index in [0.717, 1.165) is 20.3 Å². The van der Waals surface area contributed by atoms with Crippen LogP contribution in [-0.2, 0) is 0 Å². The highest BCUT2D eigenvalue weighted by atomic mass is 79.9. The summed E-state index contributed by atoms with van der Waals surface area (Å²) in [6.07, 6.45) is 0. The molecular weight excluding hydrogens is 484 g/mol. The molecule has 142 valence electrons. The number of phenolic OH excluding ortho intramolecular Hbond substituents is 2. The molecule has 3 aromatic carbocycles. The third-order valence-electron chi connectivity index (χ3n) is 4.10. The predicted molar refractivity (Wildman–Crippen MR) is 122 cm³/mol. The van der Waals surface area contributed by atoms with Gasteiger partial charge in [-0.05, 0) is 56.3 Å². The third kappa shape index (κ3) is 4.88. The molecule has 6 heteroatoms. The minimum atomic E-state index is -0.0345. The van der Waals surface area contributed by atoms with Gasteiger partial charge < -0.3 is 10.2 Å². The van der Waals surface area contributed by atoms with Crippen LogP contribution in [0.2, 0.25) is 0 Å². The van der Waals surface area contributed by atoms with E-state index in [1.165, 1.54) is 6.07 Å². The summed E-state index contributed by atoms with van der Waals surface area (Å²) < 4.78 is 1.85. The Morgan fingerprint density at radius 1 is 0.679 bits per heavy atom. The van der Waals surface area contributed by atoms with Crippen LogP contribution in [-0.4, -0.2) is 21.6 Å². The van der Waals surface area contributed by atoms with Crippen molar-refractivity contribution >= 4 is 54.7 Å². The number of phenols is 2. The van der Waals surface area contributed by atoms with Crippen LogP contribution in [0.25, 0.3) is 0 Å². The van der Waals surface area contributed by atoms with Gasteiger partial charge in [0.25, 0.3) is 0 Å². The number of benzene rings is 3. The van der Waals surface area contributed by atoms with Crippen molar-refractivity contribution in [2.45, 2.75) is 13.8 Å². The molecule has 0 aromatic heterocycles. The van der Waals surface area contributed by atoms with Crippen LogP contribution in [0.4, 0.5) is 11.4 Å². The van der Waals surface area contributed by atoms with E-state index in [2.05, 4.69) is 41.8 Å². The maximum atomic E-state index is 10.3. The summed E-state index contributed by atoms with van der Waals surface area (Å²) in [5.74, 6) is -0.0690. The second-order valence-electron chi connectivity index (χ2n) is 6.24. The van der Waals surface area contributed by atoms with Crippen molar-refractivity contribution in [2.75, 3.05) is 0 Å². The summed E-state index contributed by atoms with van der Waals surface area (Å²) in [7, 11) is 0. The van der Waals surface area contributed by atoms with E-state index in [9.17, 15) is 10.2 Å². The highest BCUT2D eigenvalue weighted by molar-refractivity contribution is 9.10. The van der Waals surface area contributed by atoms with Gasteiger partial charge in [0.05, 0.1) is 11.4 Å². The number of halogens is 2. The van der Waals surface area contributed by atoms with Crippen molar-refractivity contribution in [3.63, 3.8) is 0 Å². The first-order chi connectivity index (χ1) is 13.3. The molecule has 3 rings (SSSR count). The summed E-state index contributed by atoms with van der Waals surface area (Å²) >= 11 is 6.86. The van der Waals surface area contributed by atoms with Crippen molar-refractivity contribution in [3.8, 4) is 11.5 Å². The lowest BCUT2D eigenvalue weighted by Crippen LogP contribution is -2.01. The van der Waals surface area contributed by atoms with Crippen molar-refractivity contribution in [1.82, 2.24) is 0 Å². The third-order valence-corrected chi connectivity index (χ3v) is 5.09. The smallest absolute Gasteiger partial charge is 0.128 e. The Morgan fingerprint density at radius 3 is 1.50 bits per heavy atom. The van der Waals surface area contributed by atoms with Gasteiger partial charge in [0.1, 0.15) is 11.5 Å². The molecule has 0 amide bonds. The van der Waals surface area contributed by atoms with Gasteiger partial charge in [0, 0.05) is 37.6 Å². The largest absolute Gasteiger partial charge is 0.507 e. The van der Waals surface area contributed by atoms with Gasteiger partial charge >= 0.3 is 0 Å². The highest BCUT2D eigenvalue weighted by Gasteiger charge is 2.13. The second kappa shape index (κ2) is 8.71. The molecule has 0 aliphatic heterocycles. The van der Waals surface area contributed by atoms with E-state index in [1.54, 1.807) is 6.07 Å². The average molecular weight is 502 g/mol. The number of hydrogen-bond donors (Lipinski definition) is 2. The van der Waals surface area contributed by atoms with Gasteiger partial charge in [-0.15, -0.1) is 0 Å². The molecule has 0 aliphatic carbocycles. The maximum Gasteiger partial charge on any atom is 0.128 e. The monoisotopic (exact) mass is 500 g/mol. The molecule has 0 saturated heterocycles. The molecule has 0 bridgehead atoms. The first kappa shape index (κ1) is 20.3. The lowest BCUT2D eigenvalue weighted by atomic mass is 10.0. The highest BCUT2D eigenvalue weighted by Crippen LogP contribution is 2.31. The molecule has 0 radical (unpaired) electrons. The zero-order valence-corrected chi connectivity index (χ0v) is 18.5. The standard InChI is InChI=1S/C22H18Br2N2O2/c1-13(25-17-7-3-5-15(23)9-17)19-11-20(22(28)12-21(19)27)14(2)26-18-8-4-6-16(24)10-18/h3-12,27-28H,1-2H3. The zero-order chi connectivity index (χ0) is 20.3. The van der Waals surface area contributed by atoms with Crippen molar-refractivity contribution in [2.24, 2.45) is 9.98 Å². The van der Waals surface area contributed by atoms with Crippen LogP contribution in [0.15, 0.2) is 79.6 Å². The Kier molecular flexibility index (Phi) is 6.31. The van der Waals surface area contributed by atoms with Crippen LogP contribution in [0, 0.1) is 0 Å². The molecule has 0 aliphatic rings. The fraction of sp³-hybridized carbons (Fsp3) is 0.0909. The van der Waals surface area contributed by atoms with Crippen molar-refractivity contribution < 1.29 is 10.2 Å². The number of rotatable bonds is 4. The molecule has 0 fully saturated rings. The molecule has 0 atom stereocenters. The maximum absolute atomic E-state index is 10.3. The number of hydrogen-bond acceptors (Lipinski definition) is 4. The lowest BCUT2D eigenvalue weighted by molar-refractivity contribution is 0.449. The Labute approximate surface area is 180 Å². The fourth-order valence-electron chi connectivity index (χ4n) is 2.76. The first-order valence-electron chi connectivity index (χ1n) is 8.52. The van der Waals surface area contributed by atoms with Crippen molar-refractivity contribution in [1.29, 1.82) is 0 Å². The summed E-state index contributed by atoms with van der Waals surface area (Å²) in [6.45, 7) is 3.63. The summed E-state index contributed by atoms with van der Waals surface area (Å²) in [4.78, 5) is 9.15. The van der Waals surface area contributed by atoms with E-state index in [1.807, 2.05) is 62.4 Å². The molecule has 0 saturated carbocycles. The van der Waals surface area contributed by atoms with Crippen LogP contribution in [0.5, 0.6) is 11.5 Å². The second-order valence-corrected chi connectivity index (χ2v) is 8.07. The number of aromatic hydroxyl groups is 2. The Morgan fingerprint density at radius 2 is 1.11 bits per heavy atom. The summed E-state index contributed by atoms with van der Waals surface area (Å²) in [5, 5.41) is 20.7. The summed E-state index contributed by atoms with van der Waals surface area (Å²) in [5.41, 5.74) is 3.87. The van der Waals surface area contributed by atoms with Crippen LogP contribution in [0.3, 0.4) is 0 Å². The van der Waals surface area contributed by atoms with E-state index < -0.39 is 0 Å². The van der Waals surface area contributed by atoms with Gasteiger partial charge in [-0.2, -0.15) is 0 Å². The van der Waals surface area contributed by atoms with E-state index in [0.29, 0.717) is 22.6 Å². The molecule has 28 heavy (non-hydrogen) atoms. The molecular formula is C22H18Br2N2O2. The van der Waals surface area contributed by atoms with Crippen LogP contribution in [0.1, 0.15) is 25.0 Å². The topological polar surface area (TPSA) is 65.2 Å². The normalized spacial score (nSPS) is 12.3. The predicted octanol–water partition coefficient (Wildman–Crippen LogP) is 6.90. The van der Waals surface area contributed by atoms with Gasteiger partial charge in [-0.1, -0.05) is 44.0 Å². The van der Waals surface area contributed by atoms with Crippen molar-refractivity contribution in [3.05, 3.63) is 80.7 Å². The van der Waals surface area contributed by atoms with E-state index in [4.69, 9.17) is 0 Å². The first-order valence-corrected chi connectivity index (χ1v) is 10.1. The molecule has 3 aromatic rings. The quantitative estimate of drug-likeness (QED) is 0.381. The van der Waals surface area contributed by atoms with Crippen LogP contribution >= 0.6 is 31.9 Å². The Balaban J connectivity index is 2.03. The molecule has 4 nitrogen and oxygen atoms in total. The Hall–Kier alpha value is -2.44. The average Bonchev–Trinajstić information content (AvgIpc) is 2.61. The van der Waals surface area contributed by atoms with Gasteiger partial charge in [-0.3, -0.25) is 9.98 Å². The SMILES string of the molecule is CC(=Nc1cccc(Br)c1)c1cc(C(C)=Nc2cccc(Br)c2)c(O)cc1O. The Bertz CT molecular complexity index is 1010. The van der Waals surface area contributed by atoms with Gasteiger partial charge in [0.2, 0.25) is 0 Å². The van der Waals surface area contributed by atoms with Gasteiger partial charge in [-0.25, -0.2) is 0 Å². The number of aliphatic imine (C=N–C) groups is 2. The molecule has 0 heterocycles. The minimum Gasteiger partial charge on any atom is -0.507 e. The van der Waals surface area contributed by atoms with Gasteiger partial charge in [0.15, 0.2) is 0 Å². The van der Waals surface area contributed by atoms with E-state index in [-0.39, 0.29) is 11.5 Å². The number of nitrogens with zero attached hydrogens (tertiary/aromatic N) is 2.